The van der Waals surface area contributed by atoms with Gasteiger partial charge in [-0.2, -0.15) is 0 Å². The average Bonchev–Trinajstić information content (AvgIpc) is 3.30. The van der Waals surface area contributed by atoms with E-state index in [2.05, 4.69) is 10.6 Å². The summed E-state index contributed by atoms with van der Waals surface area (Å²) in [6.07, 6.45) is -0.304. The van der Waals surface area contributed by atoms with E-state index >= 15 is 0 Å². The lowest BCUT2D eigenvalue weighted by Crippen LogP contribution is -2.48. The molecule has 0 aliphatic carbocycles. The number of alkyl carbamates (subject to hydrolysis) is 1. The van der Waals surface area contributed by atoms with Crippen LogP contribution < -0.4 is 20.1 Å². The summed E-state index contributed by atoms with van der Waals surface area (Å²) in [4.78, 5) is 25.3. The largest absolute Gasteiger partial charge is 0.454 e. The number of carbonyl (C=O) groups excluding carboxylic acids is 2. The smallest absolute Gasteiger partial charge is 0.408 e. The van der Waals surface area contributed by atoms with E-state index in [0.717, 1.165) is 16.7 Å². The molecule has 0 unspecified atom stereocenters. The molecule has 164 valence electrons. The molecule has 0 spiro atoms. The molecule has 1 aliphatic heterocycles. The summed E-state index contributed by atoms with van der Waals surface area (Å²) in [5.41, 5.74) is 2.67. The van der Waals surface area contributed by atoms with Crippen LogP contribution in [0.2, 0.25) is 0 Å². The van der Waals surface area contributed by atoms with Gasteiger partial charge in [-0.3, -0.25) is 4.79 Å². The summed E-state index contributed by atoms with van der Waals surface area (Å²) >= 11 is 0. The van der Waals surface area contributed by atoms with Crippen molar-refractivity contribution in [2.75, 3.05) is 6.79 Å². The van der Waals surface area contributed by atoms with Crippen molar-refractivity contribution >= 4 is 12.0 Å². The van der Waals surface area contributed by atoms with Crippen LogP contribution in [0.1, 0.15) is 16.7 Å². The van der Waals surface area contributed by atoms with Crippen molar-refractivity contribution < 1.29 is 23.8 Å². The third-order valence-corrected chi connectivity index (χ3v) is 5.01. The standard InChI is InChI=1S/C25H24N2O5/c28-24(26-15-20-11-12-22-23(14-20)32-17-31-22)21(13-18-7-3-1-4-8-18)27-25(29)30-16-19-9-5-2-6-10-19/h1-12,14,21H,13,15-17H2,(H,26,28)(H,27,29)/t21-/m1/s1. The minimum atomic E-state index is -0.783. The summed E-state index contributed by atoms with van der Waals surface area (Å²) in [6.45, 7) is 0.615. The van der Waals surface area contributed by atoms with Crippen LogP contribution in [0.25, 0.3) is 0 Å². The molecule has 3 aromatic carbocycles. The summed E-state index contributed by atoms with van der Waals surface area (Å²) in [7, 11) is 0. The highest BCUT2D eigenvalue weighted by Gasteiger charge is 2.22. The molecule has 32 heavy (non-hydrogen) atoms. The van der Waals surface area contributed by atoms with Crippen molar-refractivity contribution in [3.05, 3.63) is 95.6 Å². The normalized spacial score (nSPS) is 12.6. The summed E-state index contributed by atoms with van der Waals surface area (Å²) < 4.78 is 16.0. The fraction of sp³-hybridized carbons (Fsp3) is 0.200. The molecule has 0 saturated carbocycles. The first kappa shape index (κ1) is 21.2. The number of fused-ring (bicyclic) bond motifs is 1. The first-order chi connectivity index (χ1) is 15.7. The van der Waals surface area contributed by atoms with Gasteiger partial charge in [0, 0.05) is 13.0 Å². The molecule has 2 amide bonds. The van der Waals surface area contributed by atoms with Crippen LogP contribution in [0.4, 0.5) is 4.79 Å². The van der Waals surface area contributed by atoms with Gasteiger partial charge in [0.2, 0.25) is 12.7 Å². The molecular formula is C25H24N2O5. The molecule has 0 fully saturated rings. The number of rotatable bonds is 8. The predicted octanol–water partition coefficient (Wildman–Crippen LogP) is 3.57. The summed E-state index contributed by atoms with van der Waals surface area (Å²) in [6, 6.07) is 23.6. The second-order valence-electron chi connectivity index (χ2n) is 7.35. The quantitative estimate of drug-likeness (QED) is 0.568. The maximum Gasteiger partial charge on any atom is 0.408 e. The van der Waals surface area contributed by atoms with Gasteiger partial charge in [-0.1, -0.05) is 66.7 Å². The van der Waals surface area contributed by atoms with Crippen LogP contribution in [0.5, 0.6) is 11.5 Å². The van der Waals surface area contributed by atoms with Crippen LogP contribution in [0, 0.1) is 0 Å². The number of ether oxygens (including phenoxy) is 3. The topological polar surface area (TPSA) is 85.9 Å². The molecule has 7 heteroatoms. The van der Waals surface area contributed by atoms with E-state index in [1.807, 2.05) is 78.9 Å². The molecule has 1 heterocycles. The zero-order valence-corrected chi connectivity index (χ0v) is 17.5. The highest BCUT2D eigenvalue weighted by molar-refractivity contribution is 5.85. The minimum Gasteiger partial charge on any atom is -0.454 e. The van der Waals surface area contributed by atoms with Crippen LogP contribution in [-0.4, -0.2) is 24.8 Å². The van der Waals surface area contributed by atoms with E-state index < -0.39 is 12.1 Å². The van der Waals surface area contributed by atoms with Crippen LogP contribution in [0.15, 0.2) is 78.9 Å². The Balaban J connectivity index is 1.37. The highest BCUT2D eigenvalue weighted by atomic mass is 16.7. The van der Waals surface area contributed by atoms with Gasteiger partial charge in [0.25, 0.3) is 0 Å². The molecule has 0 bridgehead atoms. The molecular weight excluding hydrogens is 408 g/mol. The van der Waals surface area contributed by atoms with E-state index in [0.29, 0.717) is 24.5 Å². The van der Waals surface area contributed by atoms with Gasteiger partial charge >= 0.3 is 6.09 Å². The lowest BCUT2D eigenvalue weighted by Gasteiger charge is -2.19. The number of carbonyl (C=O) groups is 2. The maximum absolute atomic E-state index is 12.9. The Kier molecular flexibility index (Phi) is 6.87. The van der Waals surface area contributed by atoms with Crippen molar-refractivity contribution in [1.29, 1.82) is 0 Å². The molecule has 1 atom stereocenters. The number of benzene rings is 3. The molecule has 0 aromatic heterocycles. The number of hydrogen-bond donors (Lipinski definition) is 2. The SMILES string of the molecule is O=C(N[C@H](Cc1ccccc1)C(=O)NCc1ccc2c(c1)OCO2)OCc1ccccc1. The van der Waals surface area contributed by atoms with Gasteiger partial charge in [0.15, 0.2) is 11.5 Å². The van der Waals surface area contributed by atoms with Gasteiger partial charge < -0.3 is 24.8 Å². The number of hydrogen-bond acceptors (Lipinski definition) is 5. The first-order valence-corrected chi connectivity index (χ1v) is 10.3. The second kappa shape index (κ2) is 10.3. The lowest BCUT2D eigenvalue weighted by molar-refractivity contribution is -0.123. The predicted molar refractivity (Wildman–Crippen MR) is 118 cm³/mol. The Labute approximate surface area is 186 Å². The molecule has 0 saturated heterocycles. The molecule has 4 rings (SSSR count). The Morgan fingerprint density at radius 1 is 0.844 bits per heavy atom. The molecule has 1 aliphatic rings. The number of nitrogens with one attached hydrogen (secondary N) is 2. The Morgan fingerprint density at radius 2 is 1.53 bits per heavy atom. The van der Waals surface area contributed by atoms with Crippen molar-refractivity contribution in [2.45, 2.75) is 25.6 Å². The van der Waals surface area contributed by atoms with Gasteiger partial charge in [0.1, 0.15) is 12.6 Å². The van der Waals surface area contributed by atoms with Crippen LogP contribution in [-0.2, 0) is 29.1 Å². The fourth-order valence-electron chi connectivity index (χ4n) is 3.33. The van der Waals surface area contributed by atoms with Crippen LogP contribution >= 0.6 is 0 Å². The van der Waals surface area contributed by atoms with E-state index in [9.17, 15) is 9.59 Å². The van der Waals surface area contributed by atoms with Crippen molar-refractivity contribution in [1.82, 2.24) is 10.6 Å². The lowest BCUT2D eigenvalue weighted by atomic mass is 10.1. The van der Waals surface area contributed by atoms with Crippen LogP contribution in [0.3, 0.4) is 0 Å². The number of amides is 2. The van der Waals surface area contributed by atoms with Crippen molar-refractivity contribution in [3.63, 3.8) is 0 Å². The fourth-order valence-corrected chi connectivity index (χ4v) is 3.33. The first-order valence-electron chi connectivity index (χ1n) is 10.3. The van der Waals surface area contributed by atoms with E-state index in [-0.39, 0.29) is 19.3 Å². The highest BCUT2D eigenvalue weighted by Crippen LogP contribution is 2.32. The molecule has 7 nitrogen and oxygen atoms in total. The summed E-state index contributed by atoms with van der Waals surface area (Å²) in [5, 5.41) is 5.58. The zero-order chi connectivity index (χ0) is 22.2. The Bertz CT molecular complexity index is 1060. The van der Waals surface area contributed by atoms with Gasteiger partial charge in [-0.25, -0.2) is 4.79 Å². The molecule has 3 aromatic rings. The third-order valence-electron chi connectivity index (χ3n) is 5.01. The maximum atomic E-state index is 12.9. The van der Waals surface area contributed by atoms with Gasteiger partial charge in [-0.05, 0) is 28.8 Å². The minimum absolute atomic E-state index is 0.129. The Hall–Kier alpha value is -4.00. The zero-order valence-electron chi connectivity index (χ0n) is 17.5. The third kappa shape index (κ3) is 5.78. The second-order valence-corrected chi connectivity index (χ2v) is 7.35. The van der Waals surface area contributed by atoms with Gasteiger partial charge in [-0.15, -0.1) is 0 Å². The van der Waals surface area contributed by atoms with E-state index in [1.165, 1.54) is 0 Å². The molecule has 2 N–H and O–H groups in total. The summed E-state index contributed by atoms with van der Waals surface area (Å²) in [5.74, 6) is 1.04. The van der Waals surface area contributed by atoms with E-state index in [1.54, 1.807) is 0 Å². The van der Waals surface area contributed by atoms with Crippen molar-refractivity contribution in [2.24, 2.45) is 0 Å². The van der Waals surface area contributed by atoms with Gasteiger partial charge in [0.05, 0.1) is 0 Å². The average molecular weight is 432 g/mol. The van der Waals surface area contributed by atoms with Crippen molar-refractivity contribution in [3.8, 4) is 11.5 Å². The molecule has 0 radical (unpaired) electrons. The monoisotopic (exact) mass is 432 g/mol. The van der Waals surface area contributed by atoms with E-state index in [4.69, 9.17) is 14.2 Å². The Morgan fingerprint density at radius 3 is 2.28 bits per heavy atom.